The Hall–Kier alpha value is -2.61. The van der Waals surface area contributed by atoms with Crippen LogP contribution < -0.4 is 0 Å². The molecule has 7 nitrogen and oxygen atoms in total. The van der Waals surface area contributed by atoms with Gasteiger partial charge in [0.25, 0.3) is 0 Å². The normalized spacial score (nSPS) is 10.7. The van der Waals surface area contributed by atoms with Crippen LogP contribution in [0.2, 0.25) is 0 Å². The highest BCUT2D eigenvalue weighted by atomic mass is 32.1. The molecule has 0 fully saturated rings. The quantitative estimate of drug-likeness (QED) is 0.739. The zero-order chi connectivity index (χ0) is 14.8. The molecular formula is C13H10N4O3S. The van der Waals surface area contributed by atoms with Gasteiger partial charge in [0.05, 0.1) is 12.8 Å². The molecule has 0 atom stereocenters. The lowest BCUT2D eigenvalue weighted by Crippen LogP contribution is -2.07. The molecule has 0 aliphatic carbocycles. The van der Waals surface area contributed by atoms with Gasteiger partial charge in [-0.15, -0.1) is 11.3 Å². The number of rotatable bonds is 3. The molecule has 3 aromatic rings. The monoisotopic (exact) mass is 302 g/mol. The third-order valence-corrected chi connectivity index (χ3v) is 3.81. The number of pyridine rings is 1. The van der Waals surface area contributed by atoms with Crippen LogP contribution in [0.15, 0.2) is 24.9 Å². The van der Waals surface area contributed by atoms with Crippen LogP contribution in [0.3, 0.4) is 0 Å². The van der Waals surface area contributed by atoms with E-state index in [0.717, 1.165) is 5.56 Å². The molecule has 1 N–H and O–H groups in total. The molecule has 3 rings (SSSR count). The van der Waals surface area contributed by atoms with Gasteiger partial charge in [0.15, 0.2) is 11.4 Å². The Kier molecular flexibility index (Phi) is 3.44. The molecule has 21 heavy (non-hydrogen) atoms. The van der Waals surface area contributed by atoms with Crippen molar-refractivity contribution in [3.8, 4) is 16.3 Å². The summed E-state index contributed by atoms with van der Waals surface area (Å²) in [6, 6.07) is 0. The SMILES string of the molecule is CCOC(=O)c1ncc2nc(-c3cncnc3)sc2c1O. The minimum atomic E-state index is -0.658. The molecule has 8 heteroatoms. The van der Waals surface area contributed by atoms with E-state index in [1.165, 1.54) is 23.9 Å². The molecular weight excluding hydrogens is 292 g/mol. The van der Waals surface area contributed by atoms with E-state index in [1.54, 1.807) is 19.3 Å². The van der Waals surface area contributed by atoms with Gasteiger partial charge in [0.1, 0.15) is 21.6 Å². The Morgan fingerprint density at radius 3 is 2.81 bits per heavy atom. The van der Waals surface area contributed by atoms with Crippen molar-refractivity contribution in [1.29, 1.82) is 0 Å². The third kappa shape index (κ3) is 2.40. The number of ether oxygens (including phenoxy) is 1. The van der Waals surface area contributed by atoms with Crippen LogP contribution >= 0.6 is 11.3 Å². The molecule has 0 aliphatic heterocycles. The minimum Gasteiger partial charge on any atom is -0.504 e. The Morgan fingerprint density at radius 2 is 2.10 bits per heavy atom. The molecule has 0 radical (unpaired) electrons. The molecule has 3 aromatic heterocycles. The predicted molar refractivity (Wildman–Crippen MR) is 76.1 cm³/mol. The molecule has 3 heterocycles. The van der Waals surface area contributed by atoms with Gasteiger partial charge < -0.3 is 9.84 Å². The van der Waals surface area contributed by atoms with Gasteiger partial charge >= 0.3 is 5.97 Å². The van der Waals surface area contributed by atoms with Crippen LogP contribution in [-0.4, -0.2) is 37.6 Å². The summed E-state index contributed by atoms with van der Waals surface area (Å²) in [6.07, 6.45) is 6.11. The highest BCUT2D eigenvalue weighted by Crippen LogP contribution is 2.36. The van der Waals surface area contributed by atoms with Gasteiger partial charge in [-0.25, -0.2) is 24.7 Å². The number of aromatic hydroxyl groups is 1. The molecule has 0 saturated carbocycles. The summed E-state index contributed by atoms with van der Waals surface area (Å²) in [5.74, 6) is -0.874. The van der Waals surface area contributed by atoms with Gasteiger partial charge in [-0.3, -0.25) is 0 Å². The van der Waals surface area contributed by atoms with E-state index >= 15 is 0 Å². The number of carbonyl (C=O) groups is 1. The number of carbonyl (C=O) groups excluding carboxylic acids is 1. The minimum absolute atomic E-state index is 0.108. The second-order valence-corrected chi connectivity index (χ2v) is 5.04. The maximum Gasteiger partial charge on any atom is 0.360 e. The van der Waals surface area contributed by atoms with E-state index in [2.05, 4.69) is 19.9 Å². The lowest BCUT2D eigenvalue weighted by atomic mass is 10.3. The van der Waals surface area contributed by atoms with E-state index in [9.17, 15) is 9.90 Å². The molecule has 0 saturated heterocycles. The average Bonchev–Trinajstić information content (AvgIpc) is 2.94. The van der Waals surface area contributed by atoms with Crippen molar-refractivity contribution in [2.45, 2.75) is 6.92 Å². The first-order chi connectivity index (χ1) is 10.2. The first kappa shape index (κ1) is 13.4. The second-order valence-electron chi connectivity index (χ2n) is 4.04. The summed E-state index contributed by atoms with van der Waals surface area (Å²) >= 11 is 1.24. The predicted octanol–water partition coefficient (Wildman–Crippen LogP) is 2.03. The Morgan fingerprint density at radius 1 is 1.33 bits per heavy atom. The zero-order valence-electron chi connectivity index (χ0n) is 11.0. The lowest BCUT2D eigenvalue weighted by Gasteiger charge is -2.02. The highest BCUT2D eigenvalue weighted by Gasteiger charge is 2.19. The van der Waals surface area contributed by atoms with Crippen molar-refractivity contribution in [2.75, 3.05) is 6.61 Å². The average molecular weight is 302 g/mol. The Bertz CT molecular complexity index is 804. The number of thiazole rings is 1. The topological polar surface area (TPSA) is 98.1 Å². The first-order valence-corrected chi connectivity index (χ1v) is 6.93. The molecule has 106 valence electrons. The maximum atomic E-state index is 11.7. The van der Waals surface area contributed by atoms with E-state index in [-0.39, 0.29) is 18.1 Å². The van der Waals surface area contributed by atoms with Crippen LogP contribution in [-0.2, 0) is 4.74 Å². The molecule has 0 unspecified atom stereocenters. The van der Waals surface area contributed by atoms with Crippen LogP contribution in [0.1, 0.15) is 17.4 Å². The van der Waals surface area contributed by atoms with E-state index < -0.39 is 5.97 Å². The van der Waals surface area contributed by atoms with Gasteiger partial charge in [-0.1, -0.05) is 0 Å². The highest BCUT2D eigenvalue weighted by molar-refractivity contribution is 7.22. The number of fused-ring (bicyclic) bond motifs is 1. The summed E-state index contributed by atoms with van der Waals surface area (Å²) in [5, 5.41) is 10.8. The Labute approximate surface area is 123 Å². The number of esters is 1. The van der Waals surface area contributed by atoms with Crippen molar-refractivity contribution >= 4 is 27.5 Å². The fourth-order valence-electron chi connectivity index (χ4n) is 1.77. The van der Waals surface area contributed by atoms with Gasteiger partial charge in [-0.05, 0) is 6.92 Å². The molecule has 0 bridgehead atoms. The maximum absolute atomic E-state index is 11.7. The number of aromatic nitrogens is 4. The van der Waals surface area contributed by atoms with E-state index in [1.807, 2.05) is 0 Å². The number of hydrogen-bond acceptors (Lipinski definition) is 8. The van der Waals surface area contributed by atoms with Crippen molar-refractivity contribution < 1.29 is 14.6 Å². The summed E-state index contributed by atoms with van der Waals surface area (Å²) in [4.78, 5) is 27.8. The molecule has 0 spiro atoms. The summed E-state index contributed by atoms with van der Waals surface area (Å²) < 4.78 is 5.33. The second kappa shape index (κ2) is 5.41. The lowest BCUT2D eigenvalue weighted by molar-refractivity contribution is 0.0516. The summed E-state index contributed by atoms with van der Waals surface area (Å²) in [5.41, 5.74) is 1.13. The fourth-order valence-corrected chi connectivity index (χ4v) is 2.72. The number of nitrogens with zero attached hydrogens (tertiary/aromatic N) is 4. The largest absolute Gasteiger partial charge is 0.504 e. The van der Waals surface area contributed by atoms with Gasteiger partial charge in [0.2, 0.25) is 0 Å². The fraction of sp³-hybridized carbons (Fsp3) is 0.154. The summed E-state index contributed by atoms with van der Waals surface area (Å²) in [6.45, 7) is 1.90. The summed E-state index contributed by atoms with van der Waals surface area (Å²) in [7, 11) is 0. The van der Waals surface area contributed by atoms with Gasteiger partial charge in [-0.2, -0.15) is 0 Å². The first-order valence-electron chi connectivity index (χ1n) is 6.11. The van der Waals surface area contributed by atoms with Crippen LogP contribution in [0.4, 0.5) is 0 Å². The number of hydrogen-bond donors (Lipinski definition) is 1. The molecule has 0 aromatic carbocycles. The zero-order valence-corrected chi connectivity index (χ0v) is 11.8. The third-order valence-electron chi connectivity index (χ3n) is 2.68. The van der Waals surface area contributed by atoms with Crippen LogP contribution in [0.5, 0.6) is 5.75 Å². The van der Waals surface area contributed by atoms with Crippen LogP contribution in [0, 0.1) is 0 Å². The molecule has 0 aliphatic rings. The smallest absolute Gasteiger partial charge is 0.360 e. The van der Waals surface area contributed by atoms with E-state index in [4.69, 9.17) is 4.74 Å². The van der Waals surface area contributed by atoms with Crippen molar-refractivity contribution in [3.63, 3.8) is 0 Å². The van der Waals surface area contributed by atoms with E-state index in [0.29, 0.717) is 15.2 Å². The Balaban J connectivity index is 2.10. The van der Waals surface area contributed by atoms with Crippen molar-refractivity contribution in [3.05, 3.63) is 30.6 Å². The van der Waals surface area contributed by atoms with Crippen LogP contribution in [0.25, 0.3) is 20.8 Å². The van der Waals surface area contributed by atoms with Crippen molar-refractivity contribution in [2.24, 2.45) is 0 Å². The van der Waals surface area contributed by atoms with Gasteiger partial charge in [0, 0.05) is 18.0 Å². The molecule has 0 amide bonds. The standard InChI is InChI=1S/C13H10N4O3S/c1-2-20-13(19)9-10(18)11-8(5-16-9)17-12(21-11)7-3-14-6-15-4-7/h3-6,18H,2H2,1H3. The van der Waals surface area contributed by atoms with Crippen molar-refractivity contribution in [1.82, 2.24) is 19.9 Å².